The summed E-state index contributed by atoms with van der Waals surface area (Å²) in [6.45, 7) is 4.13. The van der Waals surface area contributed by atoms with Crippen molar-refractivity contribution in [2.24, 2.45) is 5.16 Å². The molecule has 27 heavy (non-hydrogen) atoms. The highest BCUT2D eigenvalue weighted by atomic mass is 79.9. The Morgan fingerprint density at radius 3 is 2.93 bits per heavy atom. The second-order valence-corrected chi connectivity index (χ2v) is 7.36. The van der Waals surface area contributed by atoms with Crippen molar-refractivity contribution in [2.45, 2.75) is 13.3 Å². The molecular weight excluding hydrogens is 406 g/mol. The first-order chi connectivity index (χ1) is 13.2. The smallest absolute Gasteiger partial charge is 0.170 e. The minimum absolute atomic E-state index is 0.0961. The summed E-state index contributed by atoms with van der Waals surface area (Å²) >= 11 is 3.51. The minimum atomic E-state index is 0.0961. The van der Waals surface area contributed by atoms with Crippen molar-refractivity contribution in [2.75, 3.05) is 25.0 Å². The van der Waals surface area contributed by atoms with E-state index in [1.165, 1.54) is 0 Å². The van der Waals surface area contributed by atoms with Crippen molar-refractivity contribution in [1.29, 1.82) is 0 Å². The van der Waals surface area contributed by atoms with Gasteiger partial charge in [0, 0.05) is 28.7 Å². The number of nitrogens with one attached hydrogen (secondary N) is 2. The molecule has 0 fully saturated rings. The van der Waals surface area contributed by atoms with Crippen molar-refractivity contribution >= 4 is 38.7 Å². The Hall–Kier alpha value is -2.44. The number of hydrogen-bond acceptors (Lipinski definition) is 5. The third-order valence-corrected chi connectivity index (χ3v) is 5.17. The van der Waals surface area contributed by atoms with Crippen LogP contribution in [0.15, 0.2) is 57.8 Å². The third kappa shape index (κ3) is 3.42. The van der Waals surface area contributed by atoms with Crippen LogP contribution in [0.5, 0.6) is 0 Å². The molecule has 2 aromatic rings. The molecule has 1 aliphatic heterocycles. The predicted molar refractivity (Wildman–Crippen MR) is 111 cm³/mol. The Kier molecular flexibility index (Phi) is 5.09. The Balaban J connectivity index is 1.77. The molecule has 2 aromatic carbocycles. The molecule has 0 radical (unpaired) electrons. The lowest BCUT2D eigenvalue weighted by atomic mass is 10.0. The number of ketones is 1. The van der Waals surface area contributed by atoms with Crippen molar-refractivity contribution < 1.29 is 9.63 Å². The van der Waals surface area contributed by atoms with E-state index < -0.39 is 0 Å². The Morgan fingerprint density at radius 1 is 1.22 bits per heavy atom. The number of para-hydroxylation sites is 1. The average molecular weight is 426 g/mol. The lowest BCUT2D eigenvalue weighted by Crippen LogP contribution is -2.18. The maximum Gasteiger partial charge on any atom is 0.170 e. The number of nitrogens with zero attached hydrogens (tertiary/aromatic N) is 1. The van der Waals surface area contributed by atoms with Crippen LogP contribution in [-0.2, 0) is 16.1 Å². The van der Waals surface area contributed by atoms with Gasteiger partial charge in [0.1, 0.15) is 12.3 Å². The quantitative estimate of drug-likeness (QED) is 0.435. The summed E-state index contributed by atoms with van der Waals surface area (Å²) in [7, 11) is 0. The topological polar surface area (TPSA) is 62.7 Å². The van der Waals surface area contributed by atoms with Gasteiger partial charge in [-0.3, -0.25) is 4.79 Å². The van der Waals surface area contributed by atoms with Gasteiger partial charge in [0.25, 0.3) is 0 Å². The molecule has 0 saturated heterocycles. The van der Waals surface area contributed by atoms with E-state index in [0.717, 1.165) is 45.6 Å². The fourth-order valence-corrected chi connectivity index (χ4v) is 3.79. The number of halogens is 1. The number of allylic oxidation sites excluding steroid dienone is 2. The van der Waals surface area contributed by atoms with Crippen LogP contribution in [0, 0.1) is 0 Å². The number of benzene rings is 2. The van der Waals surface area contributed by atoms with Gasteiger partial charge in [-0.15, -0.1) is 0 Å². The standard InChI is InChI=1S/C21H20BrN3O2/c1-2-23-9-10-27-25-20-15-5-3-4-6-17(15)24-21(20)19-16-12-14(22)8-7-13(16)11-18(19)26/h3-8,12,23-24H,2,9-11H2,1H3/b21-19-,25-20+. The first-order valence-corrected chi connectivity index (χ1v) is 9.82. The summed E-state index contributed by atoms with van der Waals surface area (Å²) in [5.41, 5.74) is 5.95. The molecule has 0 spiro atoms. The normalized spacial score (nSPS) is 19.2. The molecule has 2 N–H and O–H groups in total. The summed E-state index contributed by atoms with van der Waals surface area (Å²) in [5, 5.41) is 11.0. The van der Waals surface area contributed by atoms with E-state index in [4.69, 9.17) is 4.84 Å². The number of likely N-dealkylation sites (N-methyl/N-ethyl adjacent to an activating group) is 1. The number of fused-ring (bicyclic) bond motifs is 2. The van der Waals surface area contributed by atoms with Crippen LogP contribution in [-0.4, -0.2) is 31.2 Å². The molecule has 0 aromatic heterocycles. The lowest BCUT2D eigenvalue weighted by molar-refractivity contribution is -0.112. The van der Waals surface area contributed by atoms with Crippen LogP contribution in [0.4, 0.5) is 5.69 Å². The number of rotatable bonds is 5. The summed E-state index contributed by atoms with van der Waals surface area (Å²) < 4.78 is 0.949. The number of Topliss-reactive ketones (excluding diaryl/α,β-unsaturated/α-hetero) is 1. The molecule has 4 rings (SSSR count). The molecule has 5 nitrogen and oxygen atoms in total. The van der Waals surface area contributed by atoms with Gasteiger partial charge in [-0.25, -0.2) is 0 Å². The Morgan fingerprint density at radius 2 is 2.07 bits per heavy atom. The first-order valence-electron chi connectivity index (χ1n) is 9.02. The fraction of sp³-hybridized carbons (Fsp3) is 0.238. The zero-order chi connectivity index (χ0) is 18.8. The summed E-state index contributed by atoms with van der Waals surface area (Å²) in [4.78, 5) is 18.4. The molecular formula is C21H20BrN3O2. The van der Waals surface area contributed by atoms with Gasteiger partial charge in [-0.1, -0.05) is 52.3 Å². The van der Waals surface area contributed by atoms with E-state index in [-0.39, 0.29) is 5.78 Å². The van der Waals surface area contributed by atoms with E-state index in [1.807, 2.05) is 49.4 Å². The lowest BCUT2D eigenvalue weighted by Gasteiger charge is -2.08. The van der Waals surface area contributed by atoms with Crippen LogP contribution in [0.3, 0.4) is 0 Å². The zero-order valence-electron chi connectivity index (χ0n) is 15.0. The van der Waals surface area contributed by atoms with Gasteiger partial charge in [0.15, 0.2) is 5.78 Å². The van der Waals surface area contributed by atoms with Crippen LogP contribution in [0.25, 0.3) is 5.57 Å². The first kappa shape index (κ1) is 17.9. The second kappa shape index (κ2) is 7.66. The Labute approximate surface area is 166 Å². The molecule has 1 heterocycles. The van der Waals surface area contributed by atoms with Gasteiger partial charge in [0.2, 0.25) is 0 Å². The van der Waals surface area contributed by atoms with E-state index in [2.05, 4.69) is 31.7 Å². The van der Waals surface area contributed by atoms with Crippen molar-refractivity contribution in [3.63, 3.8) is 0 Å². The molecule has 0 unspecified atom stereocenters. The maximum absolute atomic E-state index is 12.8. The molecule has 0 amide bonds. The molecule has 0 saturated carbocycles. The highest BCUT2D eigenvalue weighted by molar-refractivity contribution is 9.10. The molecule has 0 atom stereocenters. The summed E-state index contributed by atoms with van der Waals surface area (Å²) in [6, 6.07) is 13.9. The minimum Gasteiger partial charge on any atom is -0.394 e. The van der Waals surface area contributed by atoms with Crippen LogP contribution >= 0.6 is 15.9 Å². The summed E-state index contributed by atoms with van der Waals surface area (Å²) in [6.07, 6.45) is 0.411. The predicted octanol–water partition coefficient (Wildman–Crippen LogP) is 3.74. The summed E-state index contributed by atoms with van der Waals surface area (Å²) in [5.74, 6) is 0.0961. The van der Waals surface area contributed by atoms with Gasteiger partial charge in [0.05, 0.1) is 11.3 Å². The number of anilines is 1. The van der Waals surface area contributed by atoms with Crippen molar-refractivity contribution in [1.82, 2.24) is 5.32 Å². The number of carbonyl (C=O) groups excluding carboxylic acids is 1. The second-order valence-electron chi connectivity index (χ2n) is 6.45. The Bertz CT molecular complexity index is 966. The highest BCUT2D eigenvalue weighted by Gasteiger charge is 2.34. The van der Waals surface area contributed by atoms with Crippen molar-refractivity contribution in [3.05, 3.63) is 69.3 Å². The highest BCUT2D eigenvalue weighted by Crippen LogP contribution is 2.39. The molecule has 0 bridgehead atoms. The van der Waals surface area contributed by atoms with Crippen LogP contribution < -0.4 is 10.6 Å². The van der Waals surface area contributed by atoms with E-state index in [0.29, 0.717) is 24.3 Å². The van der Waals surface area contributed by atoms with E-state index in [1.54, 1.807) is 0 Å². The van der Waals surface area contributed by atoms with E-state index >= 15 is 0 Å². The van der Waals surface area contributed by atoms with Gasteiger partial charge in [-0.2, -0.15) is 0 Å². The molecule has 6 heteroatoms. The molecule has 138 valence electrons. The molecule has 2 aliphatic rings. The number of oxime groups is 1. The largest absolute Gasteiger partial charge is 0.394 e. The maximum atomic E-state index is 12.8. The van der Waals surface area contributed by atoms with Gasteiger partial charge < -0.3 is 15.5 Å². The monoisotopic (exact) mass is 425 g/mol. The van der Waals surface area contributed by atoms with Crippen LogP contribution in [0.1, 0.15) is 23.6 Å². The fourth-order valence-electron chi connectivity index (χ4n) is 3.43. The third-order valence-electron chi connectivity index (χ3n) is 4.68. The van der Waals surface area contributed by atoms with Crippen molar-refractivity contribution in [3.8, 4) is 0 Å². The van der Waals surface area contributed by atoms with Gasteiger partial charge >= 0.3 is 0 Å². The number of hydrogen-bond donors (Lipinski definition) is 2. The van der Waals surface area contributed by atoms with Crippen LogP contribution in [0.2, 0.25) is 0 Å². The molecule has 1 aliphatic carbocycles. The average Bonchev–Trinajstić information content (AvgIpc) is 3.18. The number of carbonyl (C=O) groups is 1. The SMILES string of the molecule is CCNCCO/N=C1/C(=C2/C(=O)Cc3ccc(Br)cc32)Nc2ccccc21. The van der Waals surface area contributed by atoms with Gasteiger partial charge in [-0.05, 0) is 35.9 Å². The zero-order valence-corrected chi connectivity index (χ0v) is 16.6. The van der Waals surface area contributed by atoms with E-state index in [9.17, 15) is 4.79 Å².